The average Bonchev–Trinajstić information content (AvgIpc) is 2.72. The van der Waals surface area contributed by atoms with Crippen molar-refractivity contribution in [2.24, 2.45) is 0 Å². The first-order valence-corrected chi connectivity index (χ1v) is 9.66. The Kier molecular flexibility index (Phi) is 4.96. The molecule has 0 spiro atoms. The van der Waals surface area contributed by atoms with Crippen LogP contribution in [0.3, 0.4) is 0 Å². The van der Waals surface area contributed by atoms with E-state index in [1.165, 1.54) is 24.3 Å². The van der Waals surface area contributed by atoms with Crippen molar-refractivity contribution in [2.75, 3.05) is 5.32 Å². The Bertz CT molecular complexity index is 1210. The van der Waals surface area contributed by atoms with Crippen LogP contribution in [0.5, 0.6) is 5.75 Å². The summed E-state index contributed by atoms with van der Waals surface area (Å²) in [6.45, 7) is 1.60. The third kappa shape index (κ3) is 3.23. The zero-order valence-corrected chi connectivity index (χ0v) is 16.3. The number of nitrogens with one attached hydrogen (secondary N) is 1. The van der Waals surface area contributed by atoms with Crippen molar-refractivity contribution >= 4 is 16.5 Å². The van der Waals surface area contributed by atoms with Crippen LogP contribution < -0.4 is 10.9 Å². The molecule has 3 aromatic rings. The van der Waals surface area contributed by atoms with Crippen molar-refractivity contribution < 1.29 is 32.2 Å². The smallest absolute Gasteiger partial charge is 0.419 e. The van der Waals surface area contributed by atoms with Crippen LogP contribution in [0.4, 0.5) is 23.2 Å². The number of phenols is 1. The highest BCUT2D eigenvalue weighted by Gasteiger charge is 2.62. The standard InChI is InChI=1S/C22H19F4NO4/c1-2-11-10-21(30,22(24,25)26)19(14-6-7-15(23)18(28)17(11)14)27-16-5-3-4-13-12(16)8-9-31-20(13)29/h3-9,11,19,27-28,30H,2,10H2,1H3/t11-,19-,21-/m0/s1. The molecule has 0 amide bonds. The molecule has 0 radical (unpaired) electrons. The number of rotatable bonds is 3. The molecule has 1 aliphatic rings. The molecule has 0 unspecified atom stereocenters. The first-order valence-electron chi connectivity index (χ1n) is 9.66. The summed E-state index contributed by atoms with van der Waals surface area (Å²) in [5.41, 5.74) is -3.73. The number of hydrogen-bond acceptors (Lipinski definition) is 5. The summed E-state index contributed by atoms with van der Waals surface area (Å²) in [5, 5.41) is 24.4. The Morgan fingerprint density at radius 3 is 2.61 bits per heavy atom. The highest BCUT2D eigenvalue weighted by Crippen LogP contribution is 2.55. The van der Waals surface area contributed by atoms with E-state index in [1.807, 2.05) is 0 Å². The van der Waals surface area contributed by atoms with Gasteiger partial charge in [-0.05, 0) is 48.6 Å². The Morgan fingerprint density at radius 1 is 1.19 bits per heavy atom. The molecule has 1 aromatic heterocycles. The molecule has 4 rings (SSSR count). The maximum atomic E-state index is 14.1. The van der Waals surface area contributed by atoms with Gasteiger partial charge in [-0.3, -0.25) is 0 Å². The Balaban J connectivity index is 1.95. The zero-order chi connectivity index (χ0) is 22.6. The third-order valence-electron chi connectivity index (χ3n) is 5.98. The fourth-order valence-corrected chi connectivity index (χ4v) is 4.39. The van der Waals surface area contributed by atoms with Gasteiger partial charge in [0.2, 0.25) is 0 Å². The summed E-state index contributed by atoms with van der Waals surface area (Å²) in [6.07, 6.45) is -4.51. The van der Waals surface area contributed by atoms with Crippen molar-refractivity contribution in [3.8, 4) is 5.75 Å². The third-order valence-corrected chi connectivity index (χ3v) is 5.98. The fraction of sp³-hybridized carbons (Fsp3) is 0.318. The van der Waals surface area contributed by atoms with Gasteiger partial charge in [0.25, 0.3) is 0 Å². The molecule has 0 fully saturated rings. The molecule has 3 N–H and O–H groups in total. The number of anilines is 1. The number of aromatic hydroxyl groups is 1. The molecule has 2 aromatic carbocycles. The fourth-order valence-electron chi connectivity index (χ4n) is 4.39. The Labute approximate surface area is 173 Å². The second-order valence-corrected chi connectivity index (χ2v) is 7.68. The van der Waals surface area contributed by atoms with Crippen LogP contribution in [-0.4, -0.2) is 22.0 Å². The molecule has 0 saturated carbocycles. The summed E-state index contributed by atoms with van der Waals surface area (Å²) in [5.74, 6) is -2.58. The van der Waals surface area contributed by atoms with E-state index in [9.17, 15) is 32.6 Å². The van der Waals surface area contributed by atoms with E-state index in [-0.39, 0.29) is 28.6 Å². The predicted molar refractivity (Wildman–Crippen MR) is 106 cm³/mol. The molecule has 31 heavy (non-hydrogen) atoms. The number of fused-ring (bicyclic) bond motifs is 2. The SMILES string of the molecule is CC[C@H]1C[C@@](O)(C(F)(F)F)[C@@H](Nc2cccc3c(=O)occc23)c2ccc(F)c(O)c21. The van der Waals surface area contributed by atoms with Gasteiger partial charge in [0.05, 0.1) is 17.7 Å². The van der Waals surface area contributed by atoms with E-state index in [4.69, 9.17) is 4.42 Å². The summed E-state index contributed by atoms with van der Waals surface area (Å²) < 4.78 is 61.3. The van der Waals surface area contributed by atoms with E-state index in [0.29, 0.717) is 5.39 Å². The summed E-state index contributed by atoms with van der Waals surface area (Å²) in [6, 6.07) is 6.07. The number of halogens is 4. The molecular formula is C22H19F4NO4. The van der Waals surface area contributed by atoms with Crippen LogP contribution in [0.1, 0.15) is 42.9 Å². The van der Waals surface area contributed by atoms with Crippen LogP contribution in [-0.2, 0) is 0 Å². The first kappa shape index (κ1) is 21.2. The van der Waals surface area contributed by atoms with Gasteiger partial charge in [0, 0.05) is 16.6 Å². The van der Waals surface area contributed by atoms with E-state index < -0.39 is 47.4 Å². The Hall–Kier alpha value is -3.07. The number of aliphatic hydroxyl groups is 1. The second-order valence-electron chi connectivity index (χ2n) is 7.68. The zero-order valence-electron chi connectivity index (χ0n) is 16.3. The van der Waals surface area contributed by atoms with Gasteiger partial charge in [-0.2, -0.15) is 13.2 Å². The van der Waals surface area contributed by atoms with Crippen LogP contribution in [0.2, 0.25) is 0 Å². The molecule has 164 valence electrons. The summed E-state index contributed by atoms with van der Waals surface area (Å²) in [7, 11) is 0. The van der Waals surface area contributed by atoms with Gasteiger partial charge in [-0.15, -0.1) is 0 Å². The number of phenolic OH excluding ortho intramolecular Hbond substituents is 1. The molecule has 1 heterocycles. The van der Waals surface area contributed by atoms with Crippen molar-refractivity contribution in [2.45, 2.75) is 43.5 Å². The van der Waals surface area contributed by atoms with Crippen LogP contribution in [0.15, 0.2) is 51.9 Å². The number of hydrogen-bond donors (Lipinski definition) is 3. The van der Waals surface area contributed by atoms with Gasteiger partial charge >= 0.3 is 11.8 Å². The van der Waals surface area contributed by atoms with Gasteiger partial charge in [0.15, 0.2) is 17.2 Å². The lowest BCUT2D eigenvalue weighted by atomic mass is 9.69. The average molecular weight is 437 g/mol. The molecule has 0 bridgehead atoms. The molecule has 5 nitrogen and oxygen atoms in total. The normalized spacial score (nSPS) is 23.5. The topological polar surface area (TPSA) is 82.7 Å². The molecule has 0 saturated heterocycles. The van der Waals surface area contributed by atoms with Gasteiger partial charge in [0.1, 0.15) is 0 Å². The minimum atomic E-state index is -5.02. The van der Waals surface area contributed by atoms with Crippen molar-refractivity contribution in [3.05, 3.63) is 70.0 Å². The van der Waals surface area contributed by atoms with Crippen LogP contribution in [0, 0.1) is 5.82 Å². The molecule has 1 aliphatic carbocycles. The largest absolute Gasteiger partial charge is 0.505 e. The van der Waals surface area contributed by atoms with Gasteiger partial charge < -0.3 is 19.9 Å². The number of alkyl halides is 3. The monoisotopic (exact) mass is 437 g/mol. The van der Waals surface area contributed by atoms with Crippen molar-refractivity contribution in [3.63, 3.8) is 0 Å². The van der Waals surface area contributed by atoms with Crippen molar-refractivity contribution in [1.82, 2.24) is 0 Å². The van der Waals surface area contributed by atoms with Crippen molar-refractivity contribution in [1.29, 1.82) is 0 Å². The molecule has 0 aliphatic heterocycles. The second kappa shape index (κ2) is 7.26. The lowest BCUT2D eigenvalue weighted by Gasteiger charge is -2.45. The molecule has 9 heteroatoms. The molecule has 3 atom stereocenters. The highest BCUT2D eigenvalue weighted by molar-refractivity contribution is 5.93. The van der Waals surface area contributed by atoms with Gasteiger partial charge in [-0.1, -0.05) is 19.1 Å². The minimum absolute atomic E-state index is 0.0358. The lowest BCUT2D eigenvalue weighted by molar-refractivity contribution is -0.272. The van der Waals surface area contributed by atoms with Crippen LogP contribution in [0.25, 0.3) is 10.8 Å². The maximum absolute atomic E-state index is 14.1. The maximum Gasteiger partial charge on any atom is 0.419 e. The van der Waals surface area contributed by atoms with E-state index in [2.05, 4.69) is 5.32 Å². The van der Waals surface area contributed by atoms with Gasteiger partial charge in [-0.25, -0.2) is 9.18 Å². The van der Waals surface area contributed by atoms with E-state index >= 15 is 0 Å². The highest BCUT2D eigenvalue weighted by atomic mass is 19.4. The quantitative estimate of drug-likeness (QED) is 0.504. The van der Waals surface area contributed by atoms with Crippen LogP contribution >= 0.6 is 0 Å². The summed E-state index contributed by atoms with van der Waals surface area (Å²) >= 11 is 0. The van der Waals surface area contributed by atoms with E-state index in [0.717, 1.165) is 18.4 Å². The minimum Gasteiger partial charge on any atom is -0.505 e. The lowest BCUT2D eigenvalue weighted by Crippen LogP contribution is -2.55. The Morgan fingerprint density at radius 2 is 1.94 bits per heavy atom. The predicted octanol–water partition coefficient (Wildman–Crippen LogP) is 4.98. The number of benzene rings is 2. The summed E-state index contributed by atoms with van der Waals surface area (Å²) in [4.78, 5) is 12.0. The first-order chi connectivity index (χ1) is 14.6. The van der Waals surface area contributed by atoms with E-state index in [1.54, 1.807) is 6.92 Å². The molecular weight excluding hydrogens is 418 g/mol.